The third-order valence-corrected chi connectivity index (χ3v) is 4.80. The highest BCUT2D eigenvalue weighted by atomic mass is 35.5. The van der Waals surface area contributed by atoms with Crippen molar-refractivity contribution in [2.24, 2.45) is 5.92 Å². The summed E-state index contributed by atoms with van der Waals surface area (Å²) in [4.78, 5) is 2.24. The molecule has 0 amide bonds. The second kappa shape index (κ2) is 10.1. The number of benzene rings is 1. The fourth-order valence-electron chi connectivity index (χ4n) is 3.04. The van der Waals surface area contributed by atoms with E-state index in [2.05, 4.69) is 24.1 Å². The van der Waals surface area contributed by atoms with Crippen LogP contribution in [0.15, 0.2) is 18.2 Å². The van der Waals surface area contributed by atoms with Crippen molar-refractivity contribution in [3.05, 3.63) is 34.3 Å². The highest BCUT2D eigenvalue weighted by Gasteiger charge is 2.36. The lowest BCUT2D eigenvalue weighted by Gasteiger charge is -2.39. The summed E-state index contributed by atoms with van der Waals surface area (Å²) in [7, 11) is 0. The van der Waals surface area contributed by atoms with E-state index in [1.807, 2.05) is 0 Å². The summed E-state index contributed by atoms with van der Waals surface area (Å²) in [6.45, 7) is 7.47. The maximum atomic E-state index is 13.1. The van der Waals surface area contributed by atoms with E-state index in [0.29, 0.717) is 5.56 Å². The molecule has 1 saturated heterocycles. The summed E-state index contributed by atoms with van der Waals surface area (Å²) in [5.41, 5.74) is -0.150. The van der Waals surface area contributed by atoms with E-state index in [4.69, 9.17) is 11.6 Å². The van der Waals surface area contributed by atoms with Gasteiger partial charge in [-0.2, -0.15) is 13.2 Å². The molecule has 1 aliphatic rings. The first-order valence-corrected chi connectivity index (χ1v) is 8.04. The van der Waals surface area contributed by atoms with E-state index in [0.717, 1.165) is 38.7 Å². The van der Waals surface area contributed by atoms with E-state index in [-0.39, 0.29) is 41.8 Å². The van der Waals surface area contributed by atoms with Crippen LogP contribution in [0.3, 0.4) is 0 Å². The highest BCUT2D eigenvalue weighted by molar-refractivity contribution is 6.32. The average molecular weight is 408 g/mol. The van der Waals surface area contributed by atoms with Crippen LogP contribution in [0.5, 0.6) is 0 Å². The number of nitrogens with zero attached hydrogens (tertiary/aromatic N) is 1. The summed E-state index contributed by atoms with van der Waals surface area (Å²) >= 11 is 6.15. The average Bonchev–Trinajstić information content (AvgIpc) is 2.49. The Morgan fingerprint density at radius 1 is 1.21 bits per heavy atom. The number of hydrogen-bond donors (Lipinski definition) is 1. The fourth-order valence-corrected chi connectivity index (χ4v) is 3.39. The molecule has 140 valence electrons. The maximum Gasteiger partial charge on any atom is 0.417 e. The predicted molar refractivity (Wildman–Crippen MR) is 97.6 cm³/mol. The number of nitrogens with one attached hydrogen (secondary N) is 1. The summed E-state index contributed by atoms with van der Waals surface area (Å²) in [6, 6.07) is 4.16. The van der Waals surface area contributed by atoms with Crippen molar-refractivity contribution in [1.82, 2.24) is 10.2 Å². The van der Waals surface area contributed by atoms with E-state index < -0.39 is 11.7 Å². The molecule has 1 aliphatic heterocycles. The summed E-state index contributed by atoms with van der Waals surface area (Å²) in [5.74, 6) is 0.235. The summed E-state index contributed by atoms with van der Waals surface area (Å²) in [5, 5.41) is 3.12. The van der Waals surface area contributed by atoms with Crippen LogP contribution in [0.2, 0.25) is 5.02 Å². The van der Waals surface area contributed by atoms with Gasteiger partial charge in [-0.05, 0) is 17.5 Å². The molecule has 24 heavy (non-hydrogen) atoms. The van der Waals surface area contributed by atoms with Gasteiger partial charge in [-0.25, -0.2) is 0 Å². The molecule has 0 saturated carbocycles. The molecule has 1 aromatic carbocycles. The van der Waals surface area contributed by atoms with Gasteiger partial charge in [0, 0.05) is 32.2 Å². The minimum absolute atomic E-state index is 0. The predicted octanol–water partition coefficient (Wildman–Crippen LogP) is 5.19. The van der Waals surface area contributed by atoms with Crippen LogP contribution >= 0.6 is 36.4 Å². The zero-order valence-electron chi connectivity index (χ0n) is 13.7. The minimum atomic E-state index is -4.42. The van der Waals surface area contributed by atoms with Crippen LogP contribution in [0.4, 0.5) is 13.2 Å². The van der Waals surface area contributed by atoms with Crippen molar-refractivity contribution >= 4 is 36.4 Å². The van der Waals surface area contributed by atoms with Gasteiger partial charge in [-0.1, -0.05) is 44.0 Å². The molecule has 2 rings (SSSR count). The summed E-state index contributed by atoms with van der Waals surface area (Å²) < 4.78 is 39.3. The molecular weight excluding hydrogens is 384 g/mol. The molecule has 0 bridgehead atoms. The van der Waals surface area contributed by atoms with E-state index in [1.54, 1.807) is 6.07 Å². The molecule has 2 nitrogen and oxygen atoms in total. The fraction of sp³-hybridized carbons (Fsp3) is 0.625. The standard InChI is InChI=1S/C16H22ClF3N2.2ClH/c1-3-11(2)15(22-9-7-21-8-10-22)12-5-4-6-13(14(12)17)16(18,19)20;;/h4-6,11,15,21H,3,7-10H2,1-2H3;2*1H/t11?,15-;;/m1../s1. The molecule has 0 aliphatic carbocycles. The normalized spacial score (nSPS) is 18.2. The van der Waals surface area contributed by atoms with Crippen molar-refractivity contribution in [2.75, 3.05) is 26.2 Å². The second-order valence-electron chi connectivity index (χ2n) is 5.82. The first-order valence-electron chi connectivity index (χ1n) is 7.66. The Morgan fingerprint density at radius 2 is 1.79 bits per heavy atom. The Labute approximate surface area is 158 Å². The van der Waals surface area contributed by atoms with Crippen LogP contribution in [0.1, 0.15) is 37.4 Å². The van der Waals surface area contributed by atoms with E-state index in [9.17, 15) is 13.2 Å². The molecule has 1 aromatic rings. The van der Waals surface area contributed by atoms with Gasteiger partial charge in [-0.3, -0.25) is 4.90 Å². The number of rotatable bonds is 4. The zero-order chi connectivity index (χ0) is 16.3. The SMILES string of the molecule is CCC(C)[C@H](c1cccc(C(F)(F)F)c1Cl)N1CCNCC1.Cl.Cl. The van der Waals surface area contributed by atoms with E-state index in [1.165, 1.54) is 6.07 Å². The molecule has 1 unspecified atom stereocenters. The van der Waals surface area contributed by atoms with Gasteiger partial charge < -0.3 is 5.32 Å². The molecule has 1 heterocycles. The van der Waals surface area contributed by atoms with Crippen LogP contribution in [0.25, 0.3) is 0 Å². The monoisotopic (exact) mass is 406 g/mol. The number of halogens is 6. The first-order chi connectivity index (χ1) is 10.4. The lowest BCUT2D eigenvalue weighted by Crippen LogP contribution is -2.46. The van der Waals surface area contributed by atoms with Crippen molar-refractivity contribution < 1.29 is 13.2 Å². The Bertz CT molecular complexity index is 506. The van der Waals surface area contributed by atoms with Crippen molar-refractivity contribution in [1.29, 1.82) is 0 Å². The van der Waals surface area contributed by atoms with Gasteiger partial charge >= 0.3 is 6.18 Å². The molecule has 8 heteroatoms. The largest absolute Gasteiger partial charge is 0.417 e. The van der Waals surface area contributed by atoms with Crippen LogP contribution in [-0.2, 0) is 6.18 Å². The number of hydrogen-bond acceptors (Lipinski definition) is 2. The Kier molecular flexibility index (Phi) is 9.99. The quantitative estimate of drug-likeness (QED) is 0.738. The third-order valence-electron chi connectivity index (χ3n) is 4.38. The Balaban J connectivity index is 0.00000264. The molecule has 0 radical (unpaired) electrons. The second-order valence-corrected chi connectivity index (χ2v) is 6.20. The molecular formula is C16H24Cl3F3N2. The van der Waals surface area contributed by atoms with Crippen LogP contribution in [-0.4, -0.2) is 31.1 Å². The molecule has 1 N–H and O–H groups in total. The van der Waals surface area contributed by atoms with Gasteiger partial charge in [0.1, 0.15) is 0 Å². The first kappa shape index (κ1) is 23.8. The molecule has 0 spiro atoms. The number of alkyl halides is 3. The molecule has 2 atom stereocenters. The van der Waals surface area contributed by atoms with Crippen LogP contribution in [0, 0.1) is 5.92 Å². The van der Waals surface area contributed by atoms with Crippen LogP contribution < -0.4 is 5.32 Å². The maximum absolute atomic E-state index is 13.1. The van der Waals surface area contributed by atoms with Gasteiger partial charge in [-0.15, -0.1) is 24.8 Å². The van der Waals surface area contributed by atoms with Gasteiger partial charge in [0.25, 0.3) is 0 Å². The van der Waals surface area contributed by atoms with Gasteiger partial charge in [0.05, 0.1) is 10.6 Å². The minimum Gasteiger partial charge on any atom is -0.314 e. The van der Waals surface area contributed by atoms with Gasteiger partial charge in [0.15, 0.2) is 0 Å². The number of piperazine rings is 1. The van der Waals surface area contributed by atoms with Crippen molar-refractivity contribution in [2.45, 2.75) is 32.5 Å². The molecule has 0 aromatic heterocycles. The summed E-state index contributed by atoms with van der Waals surface area (Å²) in [6.07, 6.45) is -3.53. The van der Waals surface area contributed by atoms with Gasteiger partial charge in [0.2, 0.25) is 0 Å². The highest BCUT2D eigenvalue weighted by Crippen LogP contribution is 2.41. The third kappa shape index (κ3) is 5.40. The zero-order valence-corrected chi connectivity index (χ0v) is 16.1. The smallest absolute Gasteiger partial charge is 0.314 e. The van der Waals surface area contributed by atoms with Crippen molar-refractivity contribution in [3.63, 3.8) is 0 Å². The topological polar surface area (TPSA) is 15.3 Å². The Hall–Kier alpha value is -0.200. The Morgan fingerprint density at radius 3 is 2.29 bits per heavy atom. The lowest BCUT2D eigenvalue weighted by molar-refractivity contribution is -0.137. The van der Waals surface area contributed by atoms with E-state index >= 15 is 0 Å². The molecule has 1 fully saturated rings. The van der Waals surface area contributed by atoms with Crippen molar-refractivity contribution in [3.8, 4) is 0 Å². The lowest BCUT2D eigenvalue weighted by atomic mass is 9.89.